The first-order chi connectivity index (χ1) is 15.7. The summed E-state index contributed by atoms with van der Waals surface area (Å²) in [5, 5.41) is 58.7. The molecular formula is C24H48O10. The maximum Gasteiger partial charge on any atom is 0.111 e. The van der Waals surface area contributed by atoms with Crippen molar-refractivity contribution in [2.45, 2.75) is 129 Å². The predicted molar refractivity (Wildman–Crippen MR) is 125 cm³/mol. The molecule has 0 radical (unpaired) electrons. The minimum absolute atomic E-state index is 0.0345. The molecule has 2 heterocycles. The van der Waals surface area contributed by atoms with E-state index in [9.17, 15) is 30.6 Å². The zero-order valence-electron chi connectivity index (χ0n) is 21.8. The minimum atomic E-state index is -1.18. The van der Waals surface area contributed by atoms with Gasteiger partial charge in [0, 0.05) is 0 Å². The fourth-order valence-electron chi connectivity index (χ4n) is 3.91. The lowest BCUT2D eigenvalue weighted by atomic mass is 9.89. The summed E-state index contributed by atoms with van der Waals surface area (Å²) < 4.78 is 22.0. The molecule has 34 heavy (non-hydrogen) atoms. The summed E-state index contributed by atoms with van der Waals surface area (Å²) in [5.41, 5.74) is 0. The van der Waals surface area contributed by atoms with E-state index in [2.05, 4.69) is 0 Å². The molecule has 0 saturated carbocycles. The fourth-order valence-corrected chi connectivity index (χ4v) is 3.91. The van der Waals surface area contributed by atoms with Crippen molar-refractivity contribution in [2.75, 3.05) is 13.2 Å². The van der Waals surface area contributed by atoms with Gasteiger partial charge in [0.05, 0.1) is 37.6 Å². The second-order valence-corrected chi connectivity index (χ2v) is 10.5. The molecule has 0 aliphatic carbocycles. The van der Waals surface area contributed by atoms with Crippen molar-refractivity contribution in [1.82, 2.24) is 0 Å². The van der Waals surface area contributed by atoms with Crippen LogP contribution in [-0.4, -0.2) is 117 Å². The van der Waals surface area contributed by atoms with Crippen LogP contribution in [0.2, 0.25) is 0 Å². The summed E-state index contributed by atoms with van der Waals surface area (Å²) in [6, 6.07) is 0. The number of rotatable bonds is 8. The Morgan fingerprint density at radius 1 is 0.500 bits per heavy atom. The SMILES string of the molecule is CC(C)OC[C@H]1O[C@@H](C(C)C)[C@H](O)[C@@H](O)[C@@H]1O.CC(C)OC[C@H]1O[C@H](C(C)C)[C@H](O)[C@@H](O)[C@@H]1O. The van der Waals surface area contributed by atoms with Gasteiger partial charge in [0.2, 0.25) is 0 Å². The maximum atomic E-state index is 9.81. The monoisotopic (exact) mass is 496 g/mol. The molecule has 2 fully saturated rings. The lowest BCUT2D eigenvalue weighted by Crippen LogP contribution is -2.60. The van der Waals surface area contributed by atoms with Crippen LogP contribution < -0.4 is 0 Å². The van der Waals surface area contributed by atoms with Gasteiger partial charge < -0.3 is 49.6 Å². The summed E-state index contributed by atoms with van der Waals surface area (Å²) in [7, 11) is 0. The highest BCUT2D eigenvalue weighted by Gasteiger charge is 2.45. The molecule has 2 aliphatic heterocycles. The molecule has 0 spiro atoms. The molecule has 2 saturated heterocycles. The quantitative estimate of drug-likeness (QED) is 0.267. The molecule has 10 atom stereocenters. The van der Waals surface area contributed by atoms with Crippen LogP contribution in [0.4, 0.5) is 0 Å². The average molecular weight is 497 g/mol. The number of aliphatic hydroxyl groups is 6. The van der Waals surface area contributed by atoms with Gasteiger partial charge in [-0.3, -0.25) is 0 Å². The third-order valence-electron chi connectivity index (χ3n) is 6.00. The third-order valence-corrected chi connectivity index (χ3v) is 6.00. The zero-order valence-corrected chi connectivity index (χ0v) is 21.8. The number of aliphatic hydroxyl groups excluding tert-OH is 6. The molecule has 0 aromatic heterocycles. The molecule has 10 heteroatoms. The maximum absolute atomic E-state index is 9.81. The second kappa shape index (κ2) is 14.4. The van der Waals surface area contributed by atoms with E-state index in [-0.39, 0.29) is 37.3 Å². The first kappa shape index (κ1) is 31.6. The van der Waals surface area contributed by atoms with Crippen LogP contribution in [0.5, 0.6) is 0 Å². The molecule has 0 aromatic rings. The Labute approximate surface area is 203 Å². The van der Waals surface area contributed by atoms with E-state index >= 15 is 0 Å². The average Bonchev–Trinajstić information content (AvgIpc) is 2.74. The van der Waals surface area contributed by atoms with Crippen LogP contribution in [0.1, 0.15) is 55.4 Å². The van der Waals surface area contributed by atoms with Gasteiger partial charge in [-0.15, -0.1) is 0 Å². The van der Waals surface area contributed by atoms with Crippen LogP contribution in [0.15, 0.2) is 0 Å². The van der Waals surface area contributed by atoms with Gasteiger partial charge in [-0.1, -0.05) is 27.7 Å². The van der Waals surface area contributed by atoms with E-state index in [4.69, 9.17) is 18.9 Å². The van der Waals surface area contributed by atoms with Gasteiger partial charge in [0.1, 0.15) is 48.8 Å². The summed E-state index contributed by atoms with van der Waals surface area (Å²) in [4.78, 5) is 0. The number of hydrogen-bond acceptors (Lipinski definition) is 10. The van der Waals surface area contributed by atoms with Crippen LogP contribution in [0.3, 0.4) is 0 Å². The van der Waals surface area contributed by atoms with Crippen LogP contribution >= 0.6 is 0 Å². The Bertz CT molecular complexity index is 510. The van der Waals surface area contributed by atoms with Crippen LogP contribution in [0.25, 0.3) is 0 Å². The summed E-state index contributed by atoms with van der Waals surface area (Å²) in [5.74, 6) is 0.127. The first-order valence-electron chi connectivity index (χ1n) is 12.3. The summed E-state index contributed by atoms with van der Waals surface area (Å²) in [6.07, 6.45) is -8.78. The molecule has 0 unspecified atom stereocenters. The second-order valence-electron chi connectivity index (χ2n) is 10.5. The predicted octanol–water partition coefficient (Wildman–Crippen LogP) is -0.165. The van der Waals surface area contributed by atoms with E-state index in [1.165, 1.54) is 0 Å². The standard InChI is InChI=1S/2C12H24O5/c2*1-6(2)12-11(15)10(14)9(13)8(17-12)5-16-7(3)4/h2*6-15H,5H2,1-4H3/t8-,9-,10+,11-,12+;8-,9-,10+,11-,12-/m11/s1. The van der Waals surface area contributed by atoms with E-state index in [0.717, 1.165) is 0 Å². The Morgan fingerprint density at radius 3 is 1.03 bits per heavy atom. The Morgan fingerprint density at radius 2 is 0.794 bits per heavy atom. The Balaban J connectivity index is 0.000000340. The van der Waals surface area contributed by atoms with Gasteiger partial charge in [-0.2, -0.15) is 0 Å². The lowest BCUT2D eigenvalue weighted by molar-refractivity contribution is -0.243. The van der Waals surface area contributed by atoms with Gasteiger partial charge in [-0.25, -0.2) is 0 Å². The molecule has 204 valence electrons. The van der Waals surface area contributed by atoms with E-state index < -0.39 is 61.0 Å². The smallest absolute Gasteiger partial charge is 0.111 e. The van der Waals surface area contributed by atoms with Crippen molar-refractivity contribution < 1.29 is 49.6 Å². The van der Waals surface area contributed by atoms with E-state index in [1.807, 2.05) is 55.4 Å². The van der Waals surface area contributed by atoms with E-state index in [1.54, 1.807) is 0 Å². The van der Waals surface area contributed by atoms with Crippen molar-refractivity contribution >= 4 is 0 Å². The van der Waals surface area contributed by atoms with Gasteiger partial charge >= 0.3 is 0 Å². The van der Waals surface area contributed by atoms with E-state index in [0.29, 0.717) is 0 Å². The molecule has 0 aromatic carbocycles. The Kier molecular flexibility index (Phi) is 13.4. The highest BCUT2D eigenvalue weighted by atomic mass is 16.6. The molecular weight excluding hydrogens is 448 g/mol. The molecule has 10 nitrogen and oxygen atoms in total. The van der Waals surface area contributed by atoms with Crippen LogP contribution in [0, 0.1) is 11.8 Å². The van der Waals surface area contributed by atoms with Crippen molar-refractivity contribution in [2.24, 2.45) is 11.8 Å². The fraction of sp³-hybridized carbons (Fsp3) is 1.00. The zero-order chi connectivity index (χ0) is 26.3. The number of hydrogen-bond donors (Lipinski definition) is 6. The third kappa shape index (κ3) is 8.92. The molecule has 0 amide bonds. The van der Waals surface area contributed by atoms with Crippen molar-refractivity contribution in [3.05, 3.63) is 0 Å². The highest BCUT2D eigenvalue weighted by Crippen LogP contribution is 2.27. The number of ether oxygens (including phenoxy) is 4. The minimum Gasteiger partial charge on any atom is -0.388 e. The largest absolute Gasteiger partial charge is 0.388 e. The van der Waals surface area contributed by atoms with Gasteiger partial charge in [0.25, 0.3) is 0 Å². The topological polar surface area (TPSA) is 158 Å². The highest BCUT2D eigenvalue weighted by molar-refractivity contribution is 4.94. The van der Waals surface area contributed by atoms with Crippen molar-refractivity contribution in [3.63, 3.8) is 0 Å². The molecule has 6 N–H and O–H groups in total. The lowest BCUT2D eigenvalue weighted by Gasteiger charge is -2.42. The first-order valence-corrected chi connectivity index (χ1v) is 12.3. The normalized spacial score (nSPS) is 39.0. The Hall–Kier alpha value is -0.400. The molecule has 2 aliphatic rings. The van der Waals surface area contributed by atoms with Crippen molar-refractivity contribution in [3.8, 4) is 0 Å². The summed E-state index contributed by atoms with van der Waals surface area (Å²) >= 11 is 0. The van der Waals surface area contributed by atoms with Crippen LogP contribution in [-0.2, 0) is 18.9 Å². The summed E-state index contributed by atoms with van der Waals surface area (Å²) in [6.45, 7) is 15.6. The molecule has 2 rings (SSSR count). The van der Waals surface area contributed by atoms with Crippen molar-refractivity contribution in [1.29, 1.82) is 0 Å². The molecule has 0 bridgehead atoms. The van der Waals surface area contributed by atoms with Gasteiger partial charge in [-0.05, 0) is 39.5 Å². The van der Waals surface area contributed by atoms with Gasteiger partial charge in [0.15, 0.2) is 0 Å².